The lowest BCUT2D eigenvalue weighted by Crippen LogP contribution is -2.48. The Bertz CT molecular complexity index is 1220. The molecule has 0 saturated carbocycles. The summed E-state index contributed by atoms with van der Waals surface area (Å²) in [6.45, 7) is 4.23. The number of anilines is 1. The topological polar surface area (TPSA) is 105 Å². The number of ether oxygens (including phenoxy) is 2. The van der Waals surface area contributed by atoms with E-state index in [1.165, 1.54) is 9.21 Å². The molecule has 9 nitrogen and oxygen atoms in total. The predicted molar refractivity (Wildman–Crippen MR) is 144 cm³/mol. The van der Waals surface area contributed by atoms with Gasteiger partial charge in [0.15, 0.2) is 11.5 Å². The van der Waals surface area contributed by atoms with Crippen molar-refractivity contribution < 1.29 is 27.5 Å². The number of fused-ring (bicyclic) bond motifs is 1. The maximum atomic E-state index is 13.4. The van der Waals surface area contributed by atoms with Crippen LogP contribution in [0.1, 0.15) is 38.7 Å². The predicted octanol–water partition coefficient (Wildman–Crippen LogP) is 4.21. The maximum absolute atomic E-state index is 13.4. The first-order chi connectivity index (χ1) is 17.5. The smallest absolute Gasteiger partial charge is 0.242 e. The van der Waals surface area contributed by atoms with Gasteiger partial charge < -0.3 is 19.7 Å². The average molecular weight is 573 g/mol. The van der Waals surface area contributed by atoms with Crippen molar-refractivity contribution in [1.82, 2.24) is 10.2 Å². The van der Waals surface area contributed by atoms with Crippen LogP contribution < -0.4 is 19.1 Å². The summed E-state index contributed by atoms with van der Waals surface area (Å²) in [4.78, 5) is 27.5. The van der Waals surface area contributed by atoms with Gasteiger partial charge in [-0.15, -0.1) is 0 Å². The van der Waals surface area contributed by atoms with Crippen LogP contribution >= 0.6 is 23.2 Å². The van der Waals surface area contributed by atoms with Gasteiger partial charge in [0.05, 0.1) is 11.9 Å². The molecule has 0 radical (unpaired) electrons. The number of halogens is 2. The SMILES string of the molecule is CCCNC(=O)[C@H](C)N(Cc1c(Cl)cccc1Cl)C(=O)CCCN(c1ccc2c(c1)OCO2)S(C)(=O)=O. The number of carbonyl (C=O) groups excluding carboxylic acids is 2. The van der Waals surface area contributed by atoms with Crippen LogP contribution in [-0.2, 0) is 26.2 Å². The summed E-state index contributed by atoms with van der Waals surface area (Å²) in [5.74, 6) is 0.374. The molecule has 0 aliphatic carbocycles. The summed E-state index contributed by atoms with van der Waals surface area (Å²) >= 11 is 12.7. The lowest BCUT2D eigenvalue weighted by Gasteiger charge is -2.30. The Hall–Kier alpha value is -2.69. The minimum Gasteiger partial charge on any atom is -0.454 e. The maximum Gasteiger partial charge on any atom is 0.242 e. The molecule has 0 saturated heterocycles. The van der Waals surface area contributed by atoms with Crippen LogP contribution in [-0.4, -0.2) is 57.3 Å². The Labute approximate surface area is 227 Å². The van der Waals surface area contributed by atoms with E-state index >= 15 is 0 Å². The lowest BCUT2D eigenvalue weighted by atomic mass is 10.1. The number of carbonyl (C=O) groups is 2. The molecule has 0 bridgehead atoms. The van der Waals surface area contributed by atoms with Crippen molar-refractivity contribution in [3.05, 3.63) is 52.0 Å². The summed E-state index contributed by atoms with van der Waals surface area (Å²) in [7, 11) is -3.64. The molecule has 0 fully saturated rings. The number of sulfonamides is 1. The van der Waals surface area contributed by atoms with Gasteiger partial charge in [-0.2, -0.15) is 0 Å². The molecule has 1 N–H and O–H groups in total. The summed E-state index contributed by atoms with van der Waals surface area (Å²) in [5, 5.41) is 3.58. The second-order valence-corrected chi connectivity index (χ2v) is 11.4. The van der Waals surface area contributed by atoms with Crippen LogP contribution in [0, 0.1) is 0 Å². The number of hydrogen-bond donors (Lipinski definition) is 1. The first-order valence-corrected chi connectivity index (χ1v) is 14.5. The zero-order valence-corrected chi connectivity index (χ0v) is 23.3. The lowest BCUT2D eigenvalue weighted by molar-refractivity contribution is -0.140. The van der Waals surface area contributed by atoms with Crippen molar-refractivity contribution in [2.75, 3.05) is 30.4 Å². The molecule has 2 amide bonds. The number of hydrogen-bond acceptors (Lipinski definition) is 6. The van der Waals surface area contributed by atoms with Crippen molar-refractivity contribution in [2.24, 2.45) is 0 Å². The van der Waals surface area contributed by atoms with E-state index in [-0.39, 0.29) is 44.5 Å². The molecule has 2 aromatic carbocycles. The Morgan fingerprint density at radius 3 is 2.43 bits per heavy atom. The number of nitrogens with zero attached hydrogens (tertiary/aromatic N) is 2. The molecule has 3 rings (SSSR count). The highest BCUT2D eigenvalue weighted by molar-refractivity contribution is 7.92. The second kappa shape index (κ2) is 12.7. The molecule has 1 aliphatic heterocycles. The Morgan fingerprint density at radius 1 is 1.11 bits per heavy atom. The Kier molecular flexibility index (Phi) is 9.92. The molecule has 12 heteroatoms. The largest absolute Gasteiger partial charge is 0.454 e. The molecule has 0 unspecified atom stereocenters. The van der Waals surface area contributed by atoms with E-state index in [4.69, 9.17) is 32.7 Å². The fourth-order valence-corrected chi connectivity index (χ4v) is 5.35. The van der Waals surface area contributed by atoms with Gasteiger partial charge in [0.2, 0.25) is 28.6 Å². The molecule has 202 valence electrons. The van der Waals surface area contributed by atoms with Gasteiger partial charge in [-0.05, 0) is 44.0 Å². The normalized spacial score (nSPS) is 13.2. The zero-order valence-electron chi connectivity index (χ0n) is 21.0. The van der Waals surface area contributed by atoms with Crippen LogP contribution in [0.25, 0.3) is 0 Å². The highest BCUT2D eigenvalue weighted by Gasteiger charge is 2.28. The van der Waals surface area contributed by atoms with Crippen molar-refractivity contribution in [3.63, 3.8) is 0 Å². The van der Waals surface area contributed by atoms with Crippen molar-refractivity contribution >= 4 is 50.7 Å². The van der Waals surface area contributed by atoms with Crippen molar-refractivity contribution in [2.45, 2.75) is 45.7 Å². The molecule has 2 aromatic rings. The monoisotopic (exact) mass is 571 g/mol. The van der Waals surface area contributed by atoms with Gasteiger partial charge >= 0.3 is 0 Å². The fraction of sp³-hybridized carbons (Fsp3) is 0.440. The first kappa shape index (κ1) is 28.9. The Morgan fingerprint density at radius 2 is 1.78 bits per heavy atom. The fourth-order valence-electron chi connectivity index (χ4n) is 3.88. The second-order valence-electron chi connectivity index (χ2n) is 8.67. The molecule has 1 aliphatic rings. The highest BCUT2D eigenvalue weighted by atomic mass is 35.5. The third-order valence-corrected chi connectivity index (χ3v) is 7.81. The third-order valence-electron chi connectivity index (χ3n) is 5.90. The Balaban J connectivity index is 1.76. The van der Waals surface area contributed by atoms with Crippen molar-refractivity contribution in [3.8, 4) is 11.5 Å². The number of rotatable bonds is 12. The zero-order chi connectivity index (χ0) is 27.2. The third kappa shape index (κ3) is 7.43. The molecular weight excluding hydrogens is 541 g/mol. The van der Waals surface area contributed by atoms with Gasteiger partial charge in [0.1, 0.15) is 6.04 Å². The molecule has 0 spiro atoms. The van der Waals surface area contributed by atoms with E-state index in [2.05, 4.69) is 5.32 Å². The molecule has 1 heterocycles. The minimum absolute atomic E-state index is 0.00401. The van der Waals surface area contributed by atoms with E-state index in [1.807, 2.05) is 6.92 Å². The average Bonchev–Trinajstić information content (AvgIpc) is 3.31. The number of benzene rings is 2. The van der Waals surface area contributed by atoms with Crippen LogP contribution in [0.15, 0.2) is 36.4 Å². The standard InChI is InChI=1S/C25H31Cl2N3O6S/c1-4-12-28-25(32)17(2)29(15-19-20(26)7-5-8-21(19)27)24(31)9-6-13-30(37(3,33)34)18-10-11-22-23(14-18)36-16-35-22/h5,7-8,10-11,14,17H,4,6,9,12-13,15-16H2,1-3H3,(H,28,32)/t17-/m0/s1. The van der Waals surface area contributed by atoms with E-state index in [0.29, 0.717) is 39.3 Å². The van der Waals surface area contributed by atoms with Gasteiger partial charge in [-0.1, -0.05) is 36.2 Å². The molecule has 0 aromatic heterocycles. The first-order valence-electron chi connectivity index (χ1n) is 11.9. The summed E-state index contributed by atoms with van der Waals surface area (Å²) in [6, 6.07) is 9.12. The van der Waals surface area contributed by atoms with E-state index in [0.717, 1.165) is 12.7 Å². The molecule has 37 heavy (non-hydrogen) atoms. The number of nitrogens with one attached hydrogen (secondary N) is 1. The highest BCUT2D eigenvalue weighted by Crippen LogP contribution is 2.36. The summed E-state index contributed by atoms with van der Waals surface area (Å²) in [5.41, 5.74) is 0.943. The van der Waals surface area contributed by atoms with Crippen LogP contribution in [0.4, 0.5) is 5.69 Å². The quantitative estimate of drug-likeness (QED) is 0.409. The van der Waals surface area contributed by atoms with E-state index < -0.39 is 16.1 Å². The molecule has 1 atom stereocenters. The van der Waals surface area contributed by atoms with Crippen LogP contribution in [0.5, 0.6) is 11.5 Å². The number of amides is 2. The molecular formula is C25H31Cl2N3O6S. The summed E-state index contributed by atoms with van der Waals surface area (Å²) in [6.07, 6.45) is 2.08. The summed E-state index contributed by atoms with van der Waals surface area (Å²) < 4.78 is 36.9. The van der Waals surface area contributed by atoms with Crippen LogP contribution in [0.3, 0.4) is 0 Å². The van der Waals surface area contributed by atoms with Gasteiger partial charge in [-0.3, -0.25) is 13.9 Å². The van der Waals surface area contributed by atoms with Gasteiger partial charge in [-0.25, -0.2) is 8.42 Å². The van der Waals surface area contributed by atoms with Crippen LogP contribution in [0.2, 0.25) is 10.0 Å². The van der Waals surface area contributed by atoms with Crippen molar-refractivity contribution in [1.29, 1.82) is 0 Å². The van der Waals surface area contributed by atoms with E-state index in [9.17, 15) is 18.0 Å². The van der Waals surface area contributed by atoms with E-state index in [1.54, 1.807) is 43.3 Å². The minimum atomic E-state index is -3.64. The van der Waals surface area contributed by atoms with Gasteiger partial charge in [0.25, 0.3) is 0 Å². The van der Waals surface area contributed by atoms with Gasteiger partial charge in [0, 0.05) is 47.7 Å².